The van der Waals surface area contributed by atoms with Crippen LogP contribution < -0.4 is 11.3 Å². The van der Waals surface area contributed by atoms with Crippen molar-refractivity contribution in [2.75, 3.05) is 0 Å². The molecule has 2 rings (SSSR count). The Bertz CT molecular complexity index is 604. The standard InChI is InChI=1S/C13H15Cl3N4/c1-7-11(13(16)20(2)19-7)6-12(18-17)8-3-9(14)5-10(15)4-8/h3-5,12,18H,6,17H2,1-2H3. The van der Waals surface area contributed by atoms with Crippen molar-refractivity contribution in [3.05, 3.63) is 50.2 Å². The fourth-order valence-electron chi connectivity index (χ4n) is 2.16. The van der Waals surface area contributed by atoms with Gasteiger partial charge in [0.05, 0.1) is 11.7 Å². The van der Waals surface area contributed by atoms with Gasteiger partial charge in [-0.05, 0) is 37.1 Å². The molecule has 20 heavy (non-hydrogen) atoms. The van der Waals surface area contributed by atoms with E-state index in [9.17, 15) is 0 Å². The zero-order valence-electron chi connectivity index (χ0n) is 11.1. The molecule has 1 atom stereocenters. The van der Waals surface area contributed by atoms with E-state index in [1.807, 2.05) is 19.1 Å². The highest BCUT2D eigenvalue weighted by atomic mass is 35.5. The quantitative estimate of drug-likeness (QED) is 0.665. The van der Waals surface area contributed by atoms with Gasteiger partial charge in [0.1, 0.15) is 5.15 Å². The van der Waals surface area contributed by atoms with Crippen LogP contribution in [-0.4, -0.2) is 9.78 Å². The minimum Gasteiger partial charge on any atom is -0.271 e. The molecule has 0 fully saturated rings. The lowest BCUT2D eigenvalue weighted by atomic mass is 10.00. The van der Waals surface area contributed by atoms with Crippen LogP contribution in [0.25, 0.3) is 0 Å². The molecule has 0 aliphatic carbocycles. The van der Waals surface area contributed by atoms with E-state index in [0.29, 0.717) is 21.6 Å². The lowest BCUT2D eigenvalue weighted by Gasteiger charge is -2.17. The summed E-state index contributed by atoms with van der Waals surface area (Å²) < 4.78 is 1.64. The molecule has 1 heterocycles. The molecule has 4 nitrogen and oxygen atoms in total. The average Bonchev–Trinajstić information content (AvgIpc) is 2.60. The molecule has 108 valence electrons. The third-order valence-electron chi connectivity index (χ3n) is 3.17. The van der Waals surface area contributed by atoms with Gasteiger partial charge in [-0.3, -0.25) is 16.0 Å². The lowest BCUT2D eigenvalue weighted by Crippen LogP contribution is -2.29. The van der Waals surface area contributed by atoms with E-state index < -0.39 is 0 Å². The summed E-state index contributed by atoms with van der Waals surface area (Å²) in [6.07, 6.45) is 0.603. The van der Waals surface area contributed by atoms with Crippen molar-refractivity contribution >= 4 is 34.8 Å². The molecule has 0 spiro atoms. The number of nitrogens with one attached hydrogen (secondary N) is 1. The molecule has 0 aliphatic rings. The summed E-state index contributed by atoms with van der Waals surface area (Å²) >= 11 is 18.3. The molecular weight excluding hydrogens is 319 g/mol. The number of hydrazine groups is 1. The predicted octanol–water partition coefficient (Wildman–Crippen LogP) is 3.44. The highest BCUT2D eigenvalue weighted by Gasteiger charge is 2.18. The maximum absolute atomic E-state index is 6.24. The van der Waals surface area contributed by atoms with Gasteiger partial charge in [0.2, 0.25) is 0 Å². The SMILES string of the molecule is Cc1nn(C)c(Cl)c1CC(NN)c1cc(Cl)cc(Cl)c1. The van der Waals surface area contributed by atoms with Crippen LogP contribution in [0.3, 0.4) is 0 Å². The summed E-state index contributed by atoms with van der Waals surface area (Å²) in [6, 6.07) is 5.20. The molecule has 0 amide bonds. The van der Waals surface area contributed by atoms with Crippen LogP contribution in [0.2, 0.25) is 15.2 Å². The number of aryl methyl sites for hydroxylation is 2. The van der Waals surface area contributed by atoms with E-state index in [4.69, 9.17) is 40.6 Å². The van der Waals surface area contributed by atoms with E-state index >= 15 is 0 Å². The normalized spacial score (nSPS) is 12.7. The molecule has 1 aromatic heterocycles. The van der Waals surface area contributed by atoms with Crippen LogP contribution in [0.15, 0.2) is 18.2 Å². The van der Waals surface area contributed by atoms with Gasteiger partial charge in [-0.1, -0.05) is 34.8 Å². The largest absolute Gasteiger partial charge is 0.271 e. The Hall–Kier alpha value is -0.780. The van der Waals surface area contributed by atoms with Crippen molar-refractivity contribution in [1.29, 1.82) is 0 Å². The number of benzene rings is 1. The van der Waals surface area contributed by atoms with Gasteiger partial charge >= 0.3 is 0 Å². The number of halogens is 3. The Labute approximate surface area is 132 Å². The molecule has 2 aromatic rings. The lowest BCUT2D eigenvalue weighted by molar-refractivity contribution is 0.551. The van der Waals surface area contributed by atoms with Crippen molar-refractivity contribution in [2.24, 2.45) is 12.9 Å². The third-order valence-corrected chi connectivity index (χ3v) is 4.08. The van der Waals surface area contributed by atoms with Gasteiger partial charge in [0.25, 0.3) is 0 Å². The van der Waals surface area contributed by atoms with E-state index in [2.05, 4.69) is 10.5 Å². The van der Waals surface area contributed by atoms with Crippen molar-refractivity contribution in [2.45, 2.75) is 19.4 Å². The molecule has 0 bridgehead atoms. The molecule has 3 N–H and O–H groups in total. The number of nitrogens with zero attached hydrogens (tertiary/aromatic N) is 2. The Morgan fingerprint density at radius 2 is 1.85 bits per heavy atom. The second kappa shape index (κ2) is 6.33. The molecule has 0 radical (unpaired) electrons. The van der Waals surface area contributed by atoms with Gasteiger partial charge in [-0.2, -0.15) is 5.10 Å². The fraction of sp³-hybridized carbons (Fsp3) is 0.308. The zero-order chi connectivity index (χ0) is 14.9. The zero-order valence-corrected chi connectivity index (χ0v) is 13.4. The van der Waals surface area contributed by atoms with Crippen molar-refractivity contribution in [1.82, 2.24) is 15.2 Å². The second-order valence-corrected chi connectivity index (χ2v) is 5.84. The number of aromatic nitrogens is 2. The number of hydrogen-bond donors (Lipinski definition) is 2. The Kier molecular flexibility index (Phi) is 4.94. The fourth-order valence-corrected chi connectivity index (χ4v) is 2.95. The summed E-state index contributed by atoms with van der Waals surface area (Å²) in [5.41, 5.74) is 5.51. The first-order valence-corrected chi connectivity index (χ1v) is 7.16. The number of hydrogen-bond acceptors (Lipinski definition) is 3. The molecule has 7 heteroatoms. The molecular formula is C13H15Cl3N4. The minimum atomic E-state index is -0.147. The maximum Gasteiger partial charge on any atom is 0.130 e. The predicted molar refractivity (Wildman–Crippen MR) is 83.2 cm³/mol. The summed E-state index contributed by atoms with van der Waals surface area (Å²) in [6.45, 7) is 1.92. The second-order valence-electron chi connectivity index (χ2n) is 4.60. The van der Waals surface area contributed by atoms with Crippen LogP contribution in [0.4, 0.5) is 0 Å². The van der Waals surface area contributed by atoms with E-state index in [-0.39, 0.29) is 6.04 Å². The van der Waals surface area contributed by atoms with Crippen LogP contribution in [-0.2, 0) is 13.5 Å². The van der Waals surface area contributed by atoms with Crippen molar-refractivity contribution < 1.29 is 0 Å². The molecule has 1 unspecified atom stereocenters. The highest BCUT2D eigenvalue weighted by molar-refractivity contribution is 6.34. The summed E-state index contributed by atoms with van der Waals surface area (Å²) in [5, 5.41) is 6.04. The van der Waals surface area contributed by atoms with Gasteiger partial charge in [0.15, 0.2) is 0 Å². The number of nitrogens with two attached hydrogens (primary N) is 1. The van der Waals surface area contributed by atoms with Crippen molar-refractivity contribution in [3.63, 3.8) is 0 Å². The monoisotopic (exact) mass is 332 g/mol. The Morgan fingerprint density at radius 3 is 2.30 bits per heavy atom. The van der Waals surface area contributed by atoms with E-state index in [0.717, 1.165) is 16.8 Å². The number of rotatable bonds is 4. The average molecular weight is 334 g/mol. The third kappa shape index (κ3) is 3.27. The molecule has 1 aromatic carbocycles. The topological polar surface area (TPSA) is 55.9 Å². The van der Waals surface area contributed by atoms with Crippen LogP contribution in [0, 0.1) is 6.92 Å². The molecule has 0 aliphatic heterocycles. The van der Waals surface area contributed by atoms with Gasteiger partial charge in [0, 0.05) is 22.7 Å². The summed E-state index contributed by atoms with van der Waals surface area (Å²) in [7, 11) is 1.81. The maximum atomic E-state index is 6.24. The van der Waals surface area contributed by atoms with Gasteiger partial charge < -0.3 is 0 Å². The van der Waals surface area contributed by atoms with Gasteiger partial charge in [-0.25, -0.2) is 0 Å². The van der Waals surface area contributed by atoms with E-state index in [1.54, 1.807) is 17.8 Å². The first kappa shape index (κ1) is 15.6. The van der Waals surface area contributed by atoms with Crippen LogP contribution in [0.1, 0.15) is 22.9 Å². The Balaban J connectivity index is 2.33. The summed E-state index contributed by atoms with van der Waals surface area (Å²) in [5.74, 6) is 5.65. The van der Waals surface area contributed by atoms with Crippen LogP contribution >= 0.6 is 34.8 Å². The van der Waals surface area contributed by atoms with Crippen LogP contribution in [0.5, 0.6) is 0 Å². The van der Waals surface area contributed by atoms with E-state index in [1.165, 1.54) is 0 Å². The minimum absolute atomic E-state index is 0.147. The van der Waals surface area contributed by atoms with Crippen molar-refractivity contribution in [3.8, 4) is 0 Å². The Morgan fingerprint density at radius 1 is 1.25 bits per heavy atom. The smallest absolute Gasteiger partial charge is 0.130 e. The summed E-state index contributed by atoms with van der Waals surface area (Å²) in [4.78, 5) is 0. The highest BCUT2D eigenvalue weighted by Crippen LogP contribution is 2.28. The molecule has 0 saturated heterocycles. The van der Waals surface area contributed by atoms with Gasteiger partial charge in [-0.15, -0.1) is 0 Å². The molecule has 0 saturated carbocycles. The first-order valence-electron chi connectivity index (χ1n) is 6.02. The first-order chi connectivity index (χ1) is 9.42.